The van der Waals surface area contributed by atoms with E-state index in [9.17, 15) is 18.0 Å². The van der Waals surface area contributed by atoms with Crippen molar-refractivity contribution >= 4 is 23.2 Å². The number of rotatable bonds is 5. The summed E-state index contributed by atoms with van der Waals surface area (Å²) in [6.45, 7) is 6.38. The summed E-state index contributed by atoms with van der Waals surface area (Å²) >= 11 is 5.70. The largest absolute Gasteiger partial charge is 0.416 e. The van der Waals surface area contributed by atoms with Crippen LogP contribution in [0.15, 0.2) is 18.2 Å². The summed E-state index contributed by atoms with van der Waals surface area (Å²) in [5.41, 5.74) is -0.678. The van der Waals surface area contributed by atoms with Crippen molar-refractivity contribution in [2.75, 3.05) is 18.4 Å². The van der Waals surface area contributed by atoms with Crippen molar-refractivity contribution in [3.05, 3.63) is 28.8 Å². The summed E-state index contributed by atoms with van der Waals surface area (Å²) < 4.78 is 38.2. The summed E-state index contributed by atoms with van der Waals surface area (Å²) in [7, 11) is 0. The number of amides is 1. The first-order chi connectivity index (χ1) is 9.68. The average molecular weight is 323 g/mol. The summed E-state index contributed by atoms with van der Waals surface area (Å²) in [5, 5.41) is 2.74. The highest BCUT2D eigenvalue weighted by atomic mass is 35.5. The third-order valence-corrected chi connectivity index (χ3v) is 3.27. The Balaban J connectivity index is 2.93. The van der Waals surface area contributed by atoms with Gasteiger partial charge in [0.2, 0.25) is 5.91 Å². The molecule has 0 radical (unpaired) electrons. The lowest BCUT2D eigenvalue weighted by Gasteiger charge is -2.24. The number of likely N-dealkylation sites (N-methyl/N-ethyl adjacent to an activating group) is 1. The maximum Gasteiger partial charge on any atom is 0.416 e. The zero-order valence-electron chi connectivity index (χ0n) is 12.1. The Kier molecular flexibility index (Phi) is 5.89. The fourth-order valence-corrected chi connectivity index (χ4v) is 2.19. The lowest BCUT2D eigenvalue weighted by Crippen LogP contribution is -2.41. The molecule has 0 aliphatic heterocycles. The number of carbonyl (C=O) groups is 1. The van der Waals surface area contributed by atoms with E-state index in [1.807, 2.05) is 13.8 Å². The molecule has 1 N–H and O–H groups in total. The van der Waals surface area contributed by atoms with E-state index in [1.165, 1.54) is 6.07 Å². The van der Waals surface area contributed by atoms with Gasteiger partial charge in [0.05, 0.1) is 5.56 Å². The van der Waals surface area contributed by atoms with Gasteiger partial charge in [0.15, 0.2) is 0 Å². The second-order valence-electron chi connectivity index (χ2n) is 4.60. The first kappa shape index (κ1) is 17.6. The van der Waals surface area contributed by atoms with Crippen LogP contribution >= 0.6 is 11.6 Å². The lowest BCUT2D eigenvalue weighted by molar-refractivity contribution is -0.137. The molecule has 0 heterocycles. The third kappa shape index (κ3) is 4.81. The zero-order valence-corrected chi connectivity index (χ0v) is 12.8. The second kappa shape index (κ2) is 7.02. The van der Waals surface area contributed by atoms with Crippen LogP contribution in [0.2, 0.25) is 5.02 Å². The maximum atomic E-state index is 12.7. The summed E-state index contributed by atoms with van der Waals surface area (Å²) in [4.78, 5) is 13.7. The normalized spacial score (nSPS) is 12.9. The molecule has 1 atom stereocenters. The summed E-state index contributed by atoms with van der Waals surface area (Å²) in [6.07, 6.45) is -4.48. The van der Waals surface area contributed by atoms with E-state index in [0.717, 1.165) is 12.1 Å². The molecule has 0 aliphatic carbocycles. The van der Waals surface area contributed by atoms with Crippen LogP contribution in [0.25, 0.3) is 0 Å². The standard InChI is InChI=1S/C14H18ClF3N2O/c1-4-20(5-2)13(21)9(3)19-12-7-10(14(16,17)18)6-11(15)8-12/h6-9,19H,4-5H2,1-3H3. The topological polar surface area (TPSA) is 32.3 Å². The van der Waals surface area contributed by atoms with Crippen LogP contribution in [0, 0.1) is 0 Å². The lowest BCUT2D eigenvalue weighted by atomic mass is 10.1. The Labute approximate surface area is 127 Å². The minimum absolute atomic E-state index is 0.0326. The number of nitrogens with one attached hydrogen (secondary N) is 1. The van der Waals surface area contributed by atoms with Gasteiger partial charge < -0.3 is 10.2 Å². The summed E-state index contributed by atoms with van der Waals surface area (Å²) in [6, 6.07) is 2.52. The number of hydrogen-bond acceptors (Lipinski definition) is 2. The molecule has 7 heteroatoms. The number of halogens is 4. The molecular formula is C14H18ClF3N2O. The number of alkyl halides is 3. The van der Waals surface area contributed by atoms with E-state index < -0.39 is 17.8 Å². The van der Waals surface area contributed by atoms with Gasteiger partial charge in [-0.3, -0.25) is 4.79 Å². The molecule has 0 saturated carbocycles. The van der Waals surface area contributed by atoms with Gasteiger partial charge in [-0.05, 0) is 39.0 Å². The van der Waals surface area contributed by atoms with Crippen molar-refractivity contribution < 1.29 is 18.0 Å². The van der Waals surface area contributed by atoms with Gasteiger partial charge in [-0.2, -0.15) is 13.2 Å². The van der Waals surface area contributed by atoms with E-state index in [0.29, 0.717) is 13.1 Å². The Bertz CT molecular complexity index is 501. The number of hydrogen-bond donors (Lipinski definition) is 1. The molecule has 0 aromatic heterocycles. The van der Waals surface area contributed by atoms with Crippen molar-refractivity contribution in [3.63, 3.8) is 0 Å². The predicted molar refractivity (Wildman–Crippen MR) is 77.5 cm³/mol. The van der Waals surface area contributed by atoms with E-state index in [4.69, 9.17) is 11.6 Å². The van der Waals surface area contributed by atoms with Crippen LogP contribution in [0.3, 0.4) is 0 Å². The molecule has 1 aromatic carbocycles. The minimum Gasteiger partial charge on any atom is -0.374 e. The SMILES string of the molecule is CCN(CC)C(=O)C(C)Nc1cc(Cl)cc(C(F)(F)F)c1. The molecule has 0 aliphatic rings. The number of carbonyl (C=O) groups excluding carboxylic acids is 1. The summed E-state index contributed by atoms with van der Waals surface area (Å²) in [5.74, 6) is -0.173. The van der Waals surface area contributed by atoms with Gasteiger partial charge in [0.1, 0.15) is 6.04 Å². The van der Waals surface area contributed by atoms with Gasteiger partial charge in [-0.15, -0.1) is 0 Å². The van der Waals surface area contributed by atoms with Crippen LogP contribution in [-0.2, 0) is 11.0 Å². The highest BCUT2D eigenvalue weighted by Gasteiger charge is 2.31. The highest BCUT2D eigenvalue weighted by Crippen LogP contribution is 2.33. The number of anilines is 1. The average Bonchev–Trinajstić information content (AvgIpc) is 2.38. The first-order valence-electron chi connectivity index (χ1n) is 6.62. The van der Waals surface area contributed by atoms with E-state index in [1.54, 1.807) is 11.8 Å². The van der Waals surface area contributed by atoms with Crippen molar-refractivity contribution in [1.82, 2.24) is 4.90 Å². The zero-order chi connectivity index (χ0) is 16.2. The molecule has 118 valence electrons. The minimum atomic E-state index is -4.48. The maximum absolute atomic E-state index is 12.7. The molecule has 1 amide bonds. The van der Waals surface area contributed by atoms with Crippen molar-refractivity contribution in [2.24, 2.45) is 0 Å². The monoisotopic (exact) mass is 322 g/mol. The van der Waals surface area contributed by atoms with Crippen LogP contribution in [0.5, 0.6) is 0 Å². The van der Waals surface area contributed by atoms with Crippen LogP contribution in [0.1, 0.15) is 26.3 Å². The van der Waals surface area contributed by atoms with Gasteiger partial charge in [-0.25, -0.2) is 0 Å². The van der Waals surface area contributed by atoms with Gasteiger partial charge in [-0.1, -0.05) is 11.6 Å². The Hall–Kier alpha value is -1.43. The van der Waals surface area contributed by atoms with E-state index in [-0.39, 0.29) is 16.6 Å². The predicted octanol–water partition coefficient (Wildman–Crippen LogP) is 4.03. The molecule has 0 fully saturated rings. The fourth-order valence-electron chi connectivity index (χ4n) is 1.96. The molecule has 0 saturated heterocycles. The number of benzene rings is 1. The molecule has 21 heavy (non-hydrogen) atoms. The Morgan fingerprint density at radius 3 is 2.33 bits per heavy atom. The molecule has 1 aromatic rings. The van der Waals surface area contributed by atoms with E-state index >= 15 is 0 Å². The molecular weight excluding hydrogens is 305 g/mol. The molecule has 3 nitrogen and oxygen atoms in total. The van der Waals surface area contributed by atoms with Crippen LogP contribution in [-0.4, -0.2) is 29.9 Å². The van der Waals surface area contributed by atoms with Crippen molar-refractivity contribution in [2.45, 2.75) is 33.0 Å². The quantitative estimate of drug-likeness (QED) is 0.887. The second-order valence-corrected chi connectivity index (χ2v) is 5.04. The fraction of sp³-hybridized carbons (Fsp3) is 0.500. The molecule has 1 rings (SSSR count). The first-order valence-corrected chi connectivity index (χ1v) is 7.00. The molecule has 0 bridgehead atoms. The van der Waals surface area contributed by atoms with Crippen molar-refractivity contribution in [3.8, 4) is 0 Å². The van der Waals surface area contributed by atoms with Gasteiger partial charge in [0, 0.05) is 23.8 Å². The Morgan fingerprint density at radius 2 is 1.86 bits per heavy atom. The van der Waals surface area contributed by atoms with Crippen molar-refractivity contribution in [1.29, 1.82) is 0 Å². The van der Waals surface area contributed by atoms with Crippen LogP contribution < -0.4 is 5.32 Å². The van der Waals surface area contributed by atoms with E-state index in [2.05, 4.69) is 5.32 Å². The molecule has 1 unspecified atom stereocenters. The smallest absolute Gasteiger partial charge is 0.374 e. The number of nitrogens with zero attached hydrogens (tertiary/aromatic N) is 1. The van der Waals surface area contributed by atoms with Gasteiger partial charge in [0.25, 0.3) is 0 Å². The van der Waals surface area contributed by atoms with Gasteiger partial charge >= 0.3 is 6.18 Å². The molecule has 0 spiro atoms. The van der Waals surface area contributed by atoms with Crippen LogP contribution in [0.4, 0.5) is 18.9 Å². The Morgan fingerprint density at radius 1 is 1.29 bits per heavy atom. The highest BCUT2D eigenvalue weighted by molar-refractivity contribution is 6.31. The third-order valence-electron chi connectivity index (χ3n) is 3.05.